The summed E-state index contributed by atoms with van der Waals surface area (Å²) >= 11 is 3.20. The van der Waals surface area contributed by atoms with E-state index >= 15 is 0 Å². The van der Waals surface area contributed by atoms with E-state index in [4.69, 9.17) is 5.11 Å². The second kappa shape index (κ2) is 4.01. The van der Waals surface area contributed by atoms with Crippen molar-refractivity contribution in [1.29, 1.82) is 0 Å². The van der Waals surface area contributed by atoms with Crippen LogP contribution < -0.4 is 0 Å². The van der Waals surface area contributed by atoms with E-state index < -0.39 is 0 Å². The summed E-state index contributed by atoms with van der Waals surface area (Å²) in [5, 5.41) is 8.87. The molecule has 0 saturated carbocycles. The monoisotopic (exact) mass is 232 g/mol. The number of hydrogen-bond donors (Lipinski definition) is 1. The van der Waals surface area contributed by atoms with Gasteiger partial charge in [0.2, 0.25) is 0 Å². The Morgan fingerprint density at radius 1 is 1.50 bits per heavy atom. The molecule has 0 aromatic heterocycles. The van der Waals surface area contributed by atoms with Gasteiger partial charge in [-0.15, -0.1) is 0 Å². The van der Waals surface area contributed by atoms with E-state index in [9.17, 15) is 4.39 Å². The fourth-order valence-electron chi connectivity index (χ4n) is 1.15. The summed E-state index contributed by atoms with van der Waals surface area (Å²) in [6, 6.07) is 3.19. The van der Waals surface area contributed by atoms with E-state index in [0.717, 1.165) is 12.0 Å². The molecule has 0 bridgehead atoms. The predicted molar refractivity (Wildman–Crippen MR) is 49.4 cm³/mol. The molecule has 3 heteroatoms. The number of aliphatic hydroxyl groups is 1. The standard InChI is InChI=1S/C9H10BrFO/c1-2-6-3-7(10)4-9(11)8(6)5-12/h3-4,12H,2,5H2,1H3. The minimum atomic E-state index is -0.344. The maximum absolute atomic E-state index is 13.1. The van der Waals surface area contributed by atoms with Crippen LogP contribution in [0.25, 0.3) is 0 Å². The van der Waals surface area contributed by atoms with Crippen LogP contribution in [0.15, 0.2) is 16.6 Å². The number of benzene rings is 1. The average molecular weight is 233 g/mol. The SMILES string of the molecule is CCc1cc(Br)cc(F)c1CO. The molecule has 0 amide bonds. The maximum Gasteiger partial charge on any atom is 0.130 e. The lowest BCUT2D eigenvalue weighted by atomic mass is 10.1. The van der Waals surface area contributed by atoms with Crippen molar-refractivity contribution in [3.63, 3.8) is 0 Å². The Hall–Kier alpha value is -0.410. The summed E-state index contributed by atoms with van der Waals surface area (Å²) in [4.78, 5) is 0. The summed E-state index contributed by atoms with van der Waals surface area (Å²) < 4.78 is 13.8. The van der Waals surface area contributed by atoms with Gasteiger partial charge in [0, 0.05) is 10.0 Å². The van der Waals surface area contributed by atoms with E-state index in [0.29, 0.717) is 10.0 Å². The Morgan fingerprint density at radius 3 is 2.67 bits per heavy atom. The molecule has 66 valence electrons. The van der Waals surface area contributed by atoms with Gasteiger partial charge in [-0.3, -0.25) is 0 Å². The molecule has 1 aromatic carbocycles. The van der Waals surface area contributed by atoms with Gasteiger partial charge in [-0.2, -0.15) is 0 Å². The van der Waals surface area contributed by atoms with Crippen molar-refractivity contribution in [2.45, 2.75) is 20.0 Å². The molecule has 0 atom stereocenters. The van der Waals surface area contributed by atoms with E-state index in [2.05, 4.69) is 15.9 Å². The van der Waals surface area contributed by atoms with Gasteiger partial charge in [-0.25, -0.2) is 4.39 Å². The molecule has 1 nitrogen and oxygen atoms in total. The molecule has 1 aromatic rings. The molecule has 0 aliphatic heterocycles. The summed E-state index contributed by atoms with van der Waals surface area (Å²) in [5.74, 6) is -0.344. The van der Waals surface area contributed by atoms with Crippen LogP contribution in [0.2, 0.25) is 0 Å². The molecule has 0 saturated heterocycles. The molecule has 12 heavy (non-hydrogen) atoms. The first kappa shape index (κ1) is 9.68. The van der Waals surface area contributed by atoms with E-state index in [1.807, 2.05) is 13.0 Å². The van der Waals surface area contributed by atoms with Crippen LogP contribution in [-0.4, -0.2) is 5.11 Å². The van der Waals surface area contributed by atoms with Gasteiger partial charge in [0.25, 0.3) is 0 Å². The van der Waals surface area contributed by atoms with Crippen molar-refractivity contribution in [1.82, 2.24) is 0 Å². The van der Waals surface area contributed by atoms with Gasteiger partial charge in [0.15, 0.2) is 0 Å². The van der Waals surface area contributed by atoms with E-state index in [1.54, 1.807) is 0 Å². The Balaban J connectivity index is 3.24. The van der Waals surface area contributed by atoms with Crippen LogP contribution >= 0.6 is 15.9 Å². The Morgan fingerprint density at radius 2 is 2.17 bits per heavy atom. The lowest BCUT2D eigenvalue weighted by Gasteiger charge is -2.06. The first-order valence-corrected chi connectivity index (χ1v) is 4.56. The summed E-state index contributed by atoms with van der Waals surface area (Å²) in [7, 11) is 0. The lowest BCUT2D eigenvalue weighted by molar-refractivity contribution is 0.274. The van der Waals surface area contributed by atoms with Gasteiger partial charge in [0.1, 0.15) is 5.82 Å². The van der Waals surface area contributed by atoms with Crippen molar-refractivity contribution < 1.29 is 9.50 Å². The quantitative estimate of drug-likeness (QED) is 0.832. The minimum absolute atomic E-state index is 0.234. The van der Waals surface area contributed by atoms with Gasteiger partial charge >= 0.3 is 0 Å². The Bertz CT molecular complexity index is 286. The molecule has 0 unspecified atom stereocenters. The Kier molecular flexibility index (Phi) is 3.23. The van der Waals surface area contributed by atoms with Crippen molar-refractivity contribution in [3.05, 3.63) is 33.5 Å². The molecular formula is C9H10BrFO. The molecule has 1 N–H and O–H groups in total. The van der Waals surface area contributed by atoms with Crippen LogP contribution in [0.1, 0.15) is 18.1 Å². The van der Waals surface area contributed by atoms with Crippen LogP contribution in [-0.2, 0) is 13.0 Å². The average Bonchev–Trinajstić information content (AvgIpc) is 2.03. The summed E-state index contributed by atoms with van der Waals surface area (Å²) in [6.45, 7) is 1.70. The highest BCUT2D eigenvalue weighted by molar-refractivity contribution is 9.10. The lowest BCUT2D eigenvalue weighted by Crippen LogP contribution is -1.96. The number of hydrogen-bond acceptors (Lipinski definition) is 1. The zero-order valence-corrected chi connectivity index (χ0v) is 8.36. The molecule has 0 radical (unpaired) electrons. The maximum atomic E-state index is 13.1. The third-order valence-corrected chi connectivity index (χ3v) is 2.25. The number of aliphatic hydroxyl groups excluding tert-OH is 1. The molecule has 0 fully saturated rings. The number of aryl methyl sites for hydroxylation is 1. The van der Waals surface area contributed by atoms with E-state index in [1.165, 1.54) is 6.07 Å². The van der Waals surface area contributed by atoms with Gasteiger partial charge in [-0.05, 0) is 24.1 Å². The molecule has 0 heterocycles. The van der Waals surface area contributed by atoms with Crippen molar-refractivity contribution >= 4 is 15.9 Å². The highest BCUT2D eigenvalue weighted by Gasteiger charge is 2.07. The molecule has 0 spiro atoms. The van der Waals surface area contributed by atoms with Crippen molar-refractivity contribution in [3.8, 4) is 0 Å². The second-order valence-corrected chi connectivity index (χ2v) is 3.45. The van der Waals surface area contributed by atoms with Crippen molar-refractivity contribution in [2.75, 3.05) is 0 Å². The smallest absolute Gasteiger partial charge is 0.130 e. The van der Waals surface area contributed by atoms with Gasteiger partial charge in [-0.1, -0.05) is 22.9 Å². The van der Waals surface area contributed by atoms with Gasteiger partial charge < -0.3 is 5.11 Å². The summed E-state index contributed by atoms with van der Waals surface area (Å²) in [5.41, 5.74) is 1.25. The second-order valence-electron chi connectivity index (χ2n) is 2.54. The fraction of sp³-hybridized carbons (Fsp3) is 0.333. The zero-order chi connectivity index (χ0) is 9.14. The molecule has 0 aliphatic carbocycles. The van der Waals surface area contributed by atoms with Crippen LogP contribution in [0.3, 0.4) is 0 Å². The van der Waals surface area contributed by atoms with E-state index in [-0.39, 0.29) is 12.4 Å². The zero-order valence-electron chi connectivity index (χ0n) is 6.77. The highest BCUT2D eigenvalue weighted by atomic mass is 79.9. The van der Waals surface area contributed by atoms with Crippen LogP contribution in [0.5, 0.6) is 0 Å². The Labute approximate surface area is 79.4 Å². The third kappa shape index (κ3) is 1.84. The first-order valence-electron chi connectivity index (χ1n) is 3.76. The molecule has 1 rings (SSSR count). The third-order valence-electron chi connectivity index (χ3n) is 1.79. The first-order chi connectivity index (χ1) is 5.69. The van der Waals surface area contributed by atoms with Crippen LogP contribution in [0, 0.1) is 5.82 Å². The van der Waals surface area contributed by atoms with Crippen LogP contribution in [0.4, 0.5) is 4.39 Å². The topological polar surface area (TPSA) is 20.2 Å². The summed E-state index contributed by atoms with van der Waals surface area (Å²) in [6.07, 6.45) is 0.728. The number of halogens is 2. The number of rotatable bonds is 2. The molecule has 0 aliphatic rings. The predicted octanol–water partition coefficient (Wildman–Crippen LogP) is 2.64. The molecular weight excluding hydrogens is 223 g/mol. The fourth-order valence-corrected chi connectivity index (χ4v) is 1.63. The largest absolute Gasteiger partial charge is 0.392 e. The van der Waals surface area contributed by atoms with Gasteiger partial charge in [0.05, 0.1) is 6.61 Å². The van der Waals surface area contributed by atoms with Crippen molar-refractivity contribution in [2.24, 2.45) is 0 Å². The highest BCUT2D eigenvalue weighted by Crippen LogP contribution is 2.20. The minimum Gasteiger partial charge on any atom is -0.392 e. The normalized spacial score (nSPS) is 10.3.